The van der Waals surface area contributed by atoms with Crippen molar-refractivity contribution in [3.63, 3.8) is 0 Å². The van der Waals surface area contributed by atoms with Crippen molar-refractivity contribution in [2.24, 2.45) is 0 Å². The molecule has 15 heavy (non-hydrogen) atoms. The summed E-state index contributed by atoms with van der Waals surface area (Å²) in [4.78, 5) is 17.6. The summed E-state index contributed by atoms with van der Waals surface area (Å²) in [6.45, 7) is 4.01. The Balaban J connectivity index is 2.31. The number of aryl methyl sites for hydroxylation is 1. The highest BCUT2D eigenvalue weighted by molar-refractivity contribution is 5.82. The van der Waals surface area contributed by atoms with Crippen LogP contribution in [0.25, 0.3) is 0 Å². The highest BCUT2D eigenvalue weighted by atomic mass is 16.1. The van der Waals surface area contributed by atoms with E-state index in [0.717, 1.165) is 30.9 Å². The molecule has 2 rings (SSSR count). The molecule has 0 aromatic carbocycles. The summed E-state index contributed by atoms with van der Waals surface area (Å²) in [5.41, 5.74) is 1.68. The Morgan fingerprint density at radius 1 is 1.27 bits per heavy atom. The molecule has 0 spiro atoms. The molecule has 2 heterocycles. The number of carbonyl (C=O) groups excluding carboxylic acids is 1. The van der Waals surface area contributed by atoms with Gasteiger partial charge >= 0.3 is 0 Å². The lowest BCUT2D eigenvalue weighted by Crippen LogP contribution is -2.31. The number of piperidine rings is 1. The van der Waals surface area contributed by atoms with Crippen molar-refractivity contribution in [1.29, 1.82) is 0 Å². The van der Waals surface area contributed by atoms with E-state index in [9.17, 15) is 4.79 Å². The molecule has 3 nitrogen and oxygen atoms in total. The van der Waals surface area contributed by atoms with Crippen LogP contribution in [0.5, 0.6) is 0 Å². The van der Waals surface area contributed by atoms with E-state index in [1.807, 2.05) is 19.1 Å². The molecule has 80 valence electrons. The van der Waals surface area contributed by atoms with Gasteiger partial charge in [-0.15, -0.1) is 0 Å². The van der Waals surface area contributed by atoms with E-state index in [0.29, 0.717) is 5.56 Å². The monoisotopic (exact) mass is 204 g/mol. The average Bonchev–Trinajstić information content (AvgIpc) is 2.30. The summed E-state index contributed by atoms with van der Waals surface area (Å²) in [7, 11) is 0. The molecule has 0 N–H and O–H groups in total. The predicted molar refractivity (Wildman–Crippen MR) is 60.4 cm³/mol. The Morgan fingerprint density at radius 2 is 2.00 bits per heavy atom. The number of anilines is 1. The lowest BCUT2D eigenvalue weighted by atomic mass is 10.1. The normalized spacial score (nSPS) is 16.5. The summed E-state index contributed by atoms with van der Waals surface area (Å²) in [5, 5.41) is 0. The minimum atomic E-state index is 0.711. The van der Waals surface area contributed by atoms with Crippen molar-refractivity contribution in [3.8, 4) is 0 Å². The number of rotatable bonds is 2. The molecule has 1 fully saturated rings. The minimum absolute atomic E-state index is 0.711. The highest BCUT2D eigenvalue weighted by Gasteiger charge is 2.15. The number of pyridine rings is 1. The Labute approximate surface area is 90.1 Å². The topological polar surface area (TPSA) is 33.2 Å². The summed E-state index contributed by atoms with van der Waals surface area (Å²) < 4.78 is 0. The van der Waals surface area contributed by atoms with Crippen LogP contribution in [0.1, 0.15) is 35.3 Å². The molecule has 1 aliphatic heterocycles. The molecule has 1 aliphatic rings. The average molecular weight is 204 g/mol. The van der Waals surface area contributed by atoms with Crippen LogP contribution >= 0.6 is 0 Å². The second kappa shape index (κ2) is 4.43. The van der Waals surface area contributed by atoms with Crippen LogP contribution in [-0.4, -0.2) is 24.4 Å². The summed E-state index contributed by atoms with van der Waals surface area (Å²) in [6.07, 6.45) is 4.59. The minimum Gasteiger partial charge on any atom is -0.356 e. The second-order valence-corrected chi connectivity index (χ2v) is 4.03. The van der Waals surface area contributed by atoms with Gasteiger partial charge in [-0.25, -0.2) is 4.98 Å². The molecular weight excluding hydrogens is 188 g/mol. The summed E-state index contributed by atoms with van der Waals surface area (Å²) in [6, 6.07) is 3.75. The molecule has 0 aliphatic carbocycles. The molecule has 1 aromatic heterocycles. The van der Waals surface area contributed by atoms with Gasteiger partial charge in [0, 0.05) is 18.8 Å². The fourth-order valence-electron chi connectivity index (χ4n) is 2.00. The number of aldehydes is 1. The number of nitrogens with zero attached hydrogens (tertiary/aromatic N) is 2. The molecule has 0 radical (unpaired) electrons. The Kier molecular flexibility index (Phi) is 2.99. The van der Waals surface area contributed by atoms with Crippen molar-refractivity contribution < 1.29 is 4.79 Å². The largest absolute Gasteiger partial charge is 0.356 e. The van der Waals surface area contributed by atoms with Crippen LogP contribution in [0.3, 0.4) is 0 Å². The number of aromatic nitrogens is 1. The molecule has 1 saturated heterocycles. The van der Waals surface area contributed by atoms with Crippen LogP contribution in [-0.2, 0) is 0 Å². The maximum atomic E-state index is 10.9. The third kappa shape index (κ3) is 2.17. The summed E-state index contributed by atoms with van der Waals surface area (Å²) in [5.74, 6) is 0.865. The van der Waals surface area contributed by atoms with E-state index in [2.05, 4.69) is 9.88 Å². The van der Waals surface area contributed by atoms with E-state index in [4.69, 9.17) is 0 Å². The van der Waals surface area contributed by atoms with Crippen LogP contribution in [0.2, 0.25) is 0 Å². The van der Waals surface area contributed by atoms with Crippen molar-refractivity contribution >= 4 is 12.1 Å². The quantitative estimate of drug-likeness (QED) is 0.692. The van der Waals surface area contributed by atoms with Crippen LogP contribution in [0.15, 0.2) is 12.1 Å². The molecule has 0 saturated carbocycles. The number of hydrogen-bond donors (Lipinski definition) is 0. The first-order valence-corrected chi connectivity index (χ1v) is 5.49. The van der Waals surface area contributed by atoms with Gasteiger partial charge in [0.25, 0.3) is 0 Å². The van der Waals surface area contributed by atoms with Crippen LogP contribution in [0.4, 0.5) is 5.82 Å². The summed E-state index contributed by atoms with van der Waals surface area (Å²) >= 11 is 0. The van der Waals surface area contributed by atoms with Crippen LogP contribution < -0.4 is 4.90 Å². The van der Waals surface area contributed by atoms with Crippen molar-refractivity contribution in [3.05, 3.63) is 23.4 Å². The number of hydrogen-bond acceptors (Lipinski definition) is 3. The zero-order chi connectivity index (χ0) is 10.7. The molecule has 0 unspecified atom stereocenters. The van der Waals surface area contributed by atoms with E-state index in [1.54, 1.807) is 0 Å². The third-order valence-corrected chi connectivity index (χ3v) is 2.83. The highest BCUT2D eigenvalue weighted by Crippen LogP contribution is 2.21. The zero-order valence-electron chi connectivity index (χ0n) is 9.07. The fraction of sp³-hybridized carbons (Fsp3) is 0.500. The zero-order valence-corrected chi connectivity index (χ0v) is 9.07. The predicted octanol–water partition coefficient (Wildman–Crippen LogP) is 2.19. The van der Waals surface area contributed by atoms with Gasteiger partial charge in [0.05, 0.1) is 5.56 Å². The van der Waals surface area contributed by atoms with Gasteiger partial charge in [-0.05, 0) is 38.3 Å². The maximum Gasteiger partial charge on any atom is 0.153 e. The lowest BCUT2D eigenvalue weighted by Gasteiger charge is -2.28. The fourth-order valence-corrected chi connectivity index (χ4v) is 2.00. The molecule has 0 bridgehead atoms. The number of carbonyl (C=O) groups is 1. The van der Waals surface area contributed by atoms with Crippen LogP contribution in [0, 0.1) is 6.92 Å². The third-order valence-electron chi connectivity index (χ3n) is 2.83. The Morgan fingerprint density at radius 3 is 2.67 bits per heavy atom. The first-order chi connectivity index (χ1) is 7.31. The van der Waals surface area contributed by atoms with Gasteiger partial charge in [0.1, 0.15) is 5.82 Å². The van der Waals surface area contributed by atoms with E-state index in [1.165, 1.54) is 19.3 Å². The van der Waals surface area contributed by atoms with Gasteiger partial charge in [-0.2, -0.15) is 0 Å². The standard InChI is InChI=1S/C12H16N2O/c1-10-5-6-11(9-15)12(13-10)14-7-3-2-4-8-14/h5-6,9H,2-4,7-8H2,1H3. The smallest absolute Gasteiger partial charge is 0.153 e. The maximum absolute atomic E-state index is 10.9. The van der Waals surface area contributed by atoms with Crippen molar-refractivity contribution in [2.75, 3.05) is 18.0 Å². The first-order valence-electron chi connectivity index (χ1n) is 5.49. The molecule has 0 amide bonds. The first kappa shape index (κ1) is 10.1. The van der Waals surface area contributed by atoms with Gasteiger partial charge in [-0.1, -0.05) is 0 Å². The molecule has 3 heteroatoms. The van der Waals surface area contributed by atoms with Gasteiger partial charge < -0.3 is 4.90 Å². The van der Waals surface area contributed by atoms with Gasteiger partial charge in [-0.3, -0.25) is 4.79 Å². The van der Waals surface area contributed by atoms with E-state index >= 15 is 0 Å². The SMILES string of the molecule is Cc1ccc(C=O)c(N2CCCCC2)n1. The second-order valence-electron chi connectivity index (χ2n) is 4.03. The molecule has 0 atom stereocenters. The van der Waals surface area contributed by atoms with Gasteiger partial charge in [0.2, 0.25) is 0 Å². The molecule has 1 aromatic rings. The Bertz CT molecular complexity index is 357. The van der Waals surface area contributed by atoms with E-state index < -0.39 is 0 Å². The van der Waals surface area contributed by atoms with E-state index in [-0.39, 0.29) is 0 Å². The lowest BCUT2D eigenvalue weighted by molar-refractivity contribution is 0.112. The van der Waals surface area contributed by atoms with Crippen molar-refractivity contribution in [1.82, 2.24) is 4.98 Å². The molecular formula is C12H16N2O. The van der Waals surface area contributed by atoms with Gasteiger partial charge in [0.15, 0.2) is 6.29 Å². The Hall–Kier alpha value is -1.38. The van der Waals surface area contributed by atoms with Crippen molar-refractivity contribution in [2.45, 2.75) is 26.2 Å².